The summed E-state index contributed by atoms with van der Waals surface area (Å²) in [5.74, 6) is -0.444. The van der Waals surface area contributed by atoms with Gasteiger partial charge in [-0.3, -0.25) is 0 Å². The third-order valence-corrected chi connectivity index (χ3v) is 6.85. The number of aromatic nitrogens is 2. The Labute approximate surface area is 293 Å². The van der Waals surface area contributed by atoms with E-state index in [4.69, 9.17) is 18.1 Å². The summed E-state index contributed by atoms with van der Waals surface area (Å²) in [5.41, 5.74) is 4.95. The number of benzene rings is 4. The van der Waals surface area contributed by atoms with Crippen molar-refractivity contribution in [1.82, 2.24) is 9.97 Å². The number of aryl methyl sites for hydroxylation is 2. The normalized spacial score (nSPS) is 15.4. The van der Waals surface area contributed by atoms with Gasteiger partial charge in [-0.2, -0.15) is 0 Å². The van der Waals surface area contributed by atoms with Crippen LogP contribution in [0.2, 0.25) is 0 Å². The van der Waals surface area contributed by atoms with Crippen LogP contribution in [0, 0.1) is 31.8 Å². The van der Waals surface area contributed by atoms with Gasteiger partial charge in [0.1, 0.15) is 5.58 Å². The first kappa shape index (κ1) is 21.4. The second-order valence-corrected chi connectivity index (χ2v) is 10.5. The average molecular weight is 775 g/mol. The van der Waals surface area contributed by atoms with Gasteiger partial charge < -0.3 is 14.4 Å². The monoisotopic (exact) mass is 775 g/mol. The Hall–Kier alpha value is -4.37. The van der Waals surface area contributed by atoms with Crippen LogP contribution in [0.5, 0.6) is 0 Å². The molecule has 4 aromatic carbocycles. The average Bonchev–Trinajstić information content (AvgIpc) is 3.53. The molecule has 7 aromatic rings. The van der Waals surface area contributed by atoms with Gasteiger partial charge in [0.05, 0.1) is 5.58 Å². The number of hydrogen-bond donors (Lipinski definition) is 0. The molecule has 0 amide bonds. The first-order valence-electron chi connectivity index (χ1n) is 19.3. The van der Waals surface area contributed by atoms with E-state index < -0.39 is 32.4 Å². The smallest absolute Gasteiger partial charge is 0.120 e. The van der Waals surface area contributed by atoms with Crippen molar-refractivity contribution < 1.29 is 38.2 Å². The molecule has 3 nitrogen and oxygen atoms in total. The maximum Gasteiger partial charge on any atom is 0.120 e. The molecular formula is C41H36IrN2O-2. The predicted molar refractivity (Wildman–Crippen MR) is 182 cm³/mol. The Morgan fingerprint density at radius 3 is 2.44 bits per heavy atom. The van der Waals surface area contributed by atoms with Gasteiger partial charge in [0.15, 0.2) is 0 Å². The van der Waals surface area contributed by atoms with Gasteiger partial charge >= 0.3 is 0 Å². The van der Waals surface area contributed by atoms with Gasteiger partial charge in [-0.05, 0) is 65.7 Å². The number of furan rings is 1. The maximum atomic E-state index is 8.62. The second kappa shape index (κ2) is 14.6. The van der Waals surface area contributed by atoms with Crippen LogP contribution in [-0.4, -0.2) is 9.97 Å². The summed E-state index contributed by atoms with van der Waals surface area (Å²) in [6.45, 7) is -1.37. The van der Waals surface area contributed by atoms with Crippen molar-refractivity contribution in [2.45, 2.75) is 40.3 Å². The van der Waals surface area contributed by atoms with Crippen molar-refractivity contribution >= 4 is 21.9 Å². The Morgan fingerprint density at radius 2 is 1.67 bits per heavy atom. The van der Waals surface area contributed by atoms with E-state index in [1.165, 1.54) is 30.5 Å². The summed E-state index contributed by atoms with van der Waals surface area (Å²) in [6, 6.07) is 36.2. The Balaban J connectivity index is 0.000000208. The van der Waals surface area contributed by atoms with E-state index in [1.54, 1.807) is 44.3 Å². The zero-order chi connectivity index (χ0) is 39.1. The number of nitrogens with zero attached hydrogens (tertiary/aromatic N) is 2. The molecule has 4 heteroatoms. The molecular weight excluding hydrogens is 729 g/mol. The van der Waals surface area contributed by atoms with Crippen LogP contribution in [0.25, 0.3) is 44.5 Å². The van der Waals surface area contributed by atoms with Crippen molar-refractivity contribution in [1.29, 1.82) is 0 Å². The Morgan fingerprint density at radius 1 is 0.822 bits per heavy atom. The van der Waals surface area contributed by atoms with Crippen molar-refractivity contribution in [3.8, 4) is 22.5 Å². The molecule has 1 radical (unpaired) electrons. The zero-order valence-corrected chi connectivity index (χ0v) is 27.1. The molecule has 0 aliphatic rings. The summed E-state index contributed by atoms with van der Waals surface area (Å²) in [6.07, 6.45) is -0.676. The molecule has 227 valence electrons. The van der Waals surface area contributed by atoms with Crippen LogP contribution >= 0.6 is 0 Å². The summed E-state index contributed by atoms with van der Waals surface area (Å²) in [7, 11) is 0. The van der Waals surface area contributed by atoms with Crippen LogP contribution < -0.4 is 0 Å². The maximum absolute atomic E-state index is 8.62. The molecule has 0 unspecified atom stereocenters. The van der Waals surface area contributed by atoms with Crippen LogP contribution in [0.3, 0.4) is 0 Å². The van der Waals surface area contributed by atoms with E-state index in [-0.39, 0.29) is 36.8 Å². The quantitative estimate of drug-likeness (QED) is 0.158. The fraction of sp³-hybridized carbons (Fsp3) is 0.171. The van der Waals surface area contributed by atoms with Gasteiger partial charge in [0, 0.05) is 51.6 Å². The van der Waals surface area contributed by atoms with Crippen LogP contribution in [-0.2, 0) is 32.9 Å². The second-order valence-electron chi connectivity index (χ2n) is 10.5. The third kappa shape index (κ3) is 7.65. The van der Waals surface area contributed by atoms with Crippen molar-refractivity contribution in [3.63, 3.8) is 0 Å². The number of para-hydroxylation sites is 1. The molecule has 0 aliphatic heterocycles. The van der Waals surface area contributed by atoms with E-state index in [0.29, 0.717) is 33.7 Å². The summed E-state index contributed by atoms with van der Waals surface area (Å²) in [5, 5.41) is 2.05. The minimum Gasteiger partial charge on any atom is -0.501 e. The first-order chi connectivity index (χ1) is 25.4. The van der Waals surface area contributed by atoms with E-state index in [9.17, 15) is 0 Å². The Bertz CT molecular complexity index is 2410. The standard InChI is InChI=1S/C24H16NO.C17H20N.Ir/c1-2-7-17(8-3-1)15-18-13-14-25-22(16-18)21-11-6-10-20-19-9-4-5-12-23(19)26-24(20)21;1-12(2)9-16-10-17(18-11-14(16)4)15-7-5-13(3)6-8-15;/h1-10,12-14,16H,15H2;5-7,10-12H,9H2,1-4H3;/q2*-1;/i15D2;3D3,4D3,9D2;. The molecule has 3 aromatic heterocycles. The number of fused-ring (bicyclic) bond motifs is 3. The molecule has 7 rings (SSSR count). The van der Waals surface area contributed by atoms with Gasteiger partial charge in [-0.25, -0.2) is 0 Å². The van der Waals surface area contributed by atoms with Crippen molar-refractivity contribution in [2.24, 2.45) is 5.92 Å². The first-order valence-corrected chi connectivity index (χ1v) is 14.3. The molecule has 3 heterocycles. The van der Waals surface area contributed by atoms with Gasteiger partial charge in [-0.1, -0.05) is 97.9 Å². The predicted octanol–water partition coefficient (Wildman–Crippen LogP) is 10.4. The van der Waals surface area contributed by atoms with E-state index in [2.05, 4.69) is 22.1 Å². The van der Waals surface area contributed by atoms with Crippen LogP contribution in [0.1, 0.15) is 55.4 Å². The molecule has 0 fully saturated rings. The minimum absolute atomic E-state index is 0. The molecule has 0 saturated heterocycles. The largest absolute Gasteiger partial charge is 0.501 e. The molecule has 0 bridgehead atoms. The molecule has 0 N–H and O–H groups in total. The minimum atomic E-state index is -2.49. The molecule has 45 heavy (non-hydrogen) atoms. The van der Waals surface area contributed by atoms with Gasteiger partial charge in [0.2, 0.25) is 0 Å². The molecule has 0 spiro atoms. The van der Waals surface area contributed by atoms with E-state index in [1.807, 2.05) is 54.6 Å². The third-order valence-electron chi connectivity index (χ3n) is 6.85. The Kier molecular flexibility index (Phi) is 6.94. The molecule has 0 aliphatic carbocycles. The van der Waals surface area contributed by atoms with Crippen molar-refractivity contribution in [2.75, 3.05) is 0 Å². The summed E-state index contributed by atoms with van der Waals surface area (Å²) in [4.78, 5) is 8.62. The zero-order valence-electron chi connectivity index (χ0n) is 34.7. The van der Waals surface area contributed by atoms with Crippen molar-refractivity contribution in [3.05, 3.63) is 155 Å². The van der Waals surface area contributed by atoms with Gasteiger partial charge in [-0.15, -0.1) is 53.6 Å². The SMILES string of the molecule is [2H]C([2H])([2H])c1c[c-]c(-c2cc(C([2H])([2H])C(C)C)c(C([2H])([2H])[2H])cn2)cc1.[2H]C([2H])(c1ccccc1)c1ccnc(-c2[c-]ccc3c2oc2ccccc23)c1.[Ir]. The fourth-order valence-electron chi connectivity index (χ4n) is 4.83. The van der Waals surface area contributed by atoms with E-state index in [0.717, 1.165) is 21.9 Å². The van der Waals surface area contributed by atoms with Gasteiger partial charge in [0.25, 0.3) is 0 Å². The van der Waals surface area contributed by atoms with Crippen LogP contribution in [0.4, 0.5) is 0 Å². The summed E-state index contributed by atoms with van der Waals surface area (Å²) >= 11 is 0. The topological polar surface area (TPSA) is 38.9 Å². The number of hydrogen-bond acceptors (Lipinski definition) is 3. The summed E-state index contributed by atoms with van der Waals surface area (Å²) < 4.78 is 85.1. The van der Waals surface area contributed by atoms with E-state index >= 15 is 0 Å². The number of rotatable bonds is 6. The molecule has 0 atom stereocenters. The molecule has 0 saturated carbocycles. The fourth-order valence-corrected chi connectivity index (χ4v) is 4.83. The number of pyridine rings is 2. The van der Waals surface area contributed by atoms with Crippen LogP contribution in [0.15, 0.2) is 120 Å².